The highest BCUT2D eigenvalue weighted by Gasteiger charge is 2.47. The maximum Gasteiger partial charge on any atom is 0.342 e. The largest absolute Gasteiger partial charge is 0.479 e. The van der Waals surface area contributed by atoms with Gasteiger partial charge in [0.1, 0.15) is 0 Å². The predicted octanol–water partition coefficient (Wildman–Crippen LogP) is 1.43. The molecule has 1 aliphatic heterocycles. The van der Waals surface area contributed by atoms with Crippen molar-refractivity contribution in [2.45, 2.75) is 43.8 Å². The standard InChI is InChI=1S/C10H16FNO2/c11-10(9(13)14)5-6-12(7-10)8-3-1-2-4-8/h8H,1-7H2,(H,13,14)/t10-/m1/s1. The summed E-state index contributed by atoms with van der Waals surface area (Å²) in [6.07, 6.45) is 4.77. The molecular formula is C10H16FNO2. The van der Waals surface area contributed by atoms with Gasteiger partial charge in [0.2, 0.25) is 5.67 Å². The average Bonchev–Trinajstić information content (AvgIpc) is 2.72. The van der Waals surface area contributed by atoms with Crippen molar-refractivity contribution in [1.29, 1.82) is 0 Å². The number of carboxylic acid groups (broad SMARTS) is 1. The van der Waals surface area contributed by atoms with E-state index in [1.807, 2.05) is 4.90 Å². The molecule has 0 aromatic carbocycles. The second kappa shape index (κ2) is 3.50. The zero-order valence-corrected chi connectivity index (χ0v) is 8.21. The molecule has 14 heavy (non-hydrogen) atoms. The lowest BCUT2D eigenvalue weighted by molar-refractivity contribution is -0.150. The fraction of sp³-hybridized carbons (Fsp3) is 0.900. The minimum Gasteiger partial charge on any atom is -0.479 e. The summed E-state index contributed by atoms with van der Waals surface area (Å²) < 4.78 is 13.7. The topological polar surface area (TPSA) is 40.5 Å². The highest BCUT2D eigenvalue weighted by molar-refractivity contribution is 5.78. The molecule has 1 aliphatic carbocycles. The van der Waals surface area contributed by atoms with Crippen LogP contribution in [0.1, 0.15) is 32.1 Å². The normalized spacial score (nSPS) is 35.2. The van der Waals surface area contributed by atoms with E-state index in [1.54, 1.807) is 0 Å². The van der Waals surface area contributed by atoms with Crippen LogP contribution in [0.15, 0.2) is 0 Å². The molecule has 0 radical (unpaired) electrons. The molecule has 1 saturated heterocycles. The maximum atomic E-state index is 13.7. The Balaban J connectivity index is 1.96. The first-order chi connectivity index (χ1) is 6.62. The Morgan fingerprint density at radius 1 is 1.43 bits per heavy atom. The SMILES string of the molecule is O=C(O)[C@@]1(F)CCN(C2CCCC2)C1. The number of halogens is 1. The number of nitrogens with zero attached hydrogens (tertiary/aromatic N) is 1. The monoisotopic (exact) mass is 201 g/mol. The first-order valence-electron chi connectivity index (χ1n) is 5.28. The van der Waals surface area contributed by atoms with Gasteiger partial charge in [0, 0.05) is 25.6 Å². The molecule has 2 aliphatic rings. The number of alkyl halides is 1. The summed E-state index contributed by atoms with van der Waals surface area (Å²) in [6.45, 7) is 0.695. The smallest absolute Gasteiger partial charge is 0.342 e. The molecule has 3 nitrogen and oxygen atoms in total. The number of aliphatic carboxylic acids is 1. The molecular weight excluding hydrogens is 185 g/mol. The predicted molar refractivity (Wildman–Crippen MR) is 49.9 cm³/mol. The van der Waals surface area contributed by atoms with Crippen LogP contribution >= 0.6 is 0 Å². The minimum absolute atomic E-state index is 0.0903. The second-order valence-corrected chi connectivity index (χ2v) is 4.43. The molecule has 0 aromatic heterocycles. The zero-order chi connectivity index (χ0) is 10.2. The van der Waals surface area contributed by atoms with Gasteiger partial charge in [-0.25, -0.2) is 9.18 Å². The third-order valence-corrected chi connectivity index (χ3v) is 3.47. The molecule has 1 N–H and O–H groups in total. The molecule has 2 fully saturated rings. The molecule has 0 bridgehead atoms. The van der Waals surface area contributed by atoms with Crippen molar-refractivity contribution < 1.29 is 14.3 Å². The van der Waals surface area contributed by atoms with Crippen LogP contribution in [0.5, 0.6) is 0 Å². The van der Waals surface area contributed by atoms with E-state index in [4.69, 9.17) is 5.11 Å². The lowest BCUT2D eigenvalue weighted by Gasteiger charge is -2.23. The van der Waals surface area contributed by atoms with Crippen LogP contribution in [-0.4, -0.2) is 40.8 Å². The van der Waals surface area contributed by atoms with E-state index in [9.17, 15) is 9.18 Å². The van der Waals surface area contributed by atoms with Gasteiger partial charge >= 0.3 is 5.97 Å². The van der Waals surface area contributed by atoms with Crippen molar-refractivity contribution >= 4 is 5.97 Å². The van der Waals surface area contributed by atoms with Gasteiger partial charge in [-0.15, -0.1) is 0 Å². The van der Waals surface area contributed by atoms with Crippen LogP contribution in [0, 0.1) is 0 Å². The summed E-state index contributed by atoms with van der Waals surface area (Å²) in [5.74, 6) is -1.29. The van der Waals surface area contributed by atoms with Gasteiger partial charge in [0.05, 0.1) is 0 Å². The Morgan fingerprint density at radius 2 is 2.07 bits per heavy atom. The van der Waals surface area contributed by atoms with Crippen molar-refractivity contribution in [3.63, 3.8) is 0 Å². The molecule has 0 spiro atoms. The highest BCUT2D eigenvalue weighted by atomic mass is 19.1. The van der Waals surface area contributed by atoms with Gasteiger partial charge in [-0.05, 0) is 12.8 Å². The van der Waals surface area contributed by atoms with E-state index in [0.717, 1.165) is 12.8 Å². The highest BCUT2D eigenvalue weighted by Crippen LogP contribution is 2.32. The molecule has 0 amide bonds. The molecule has 0 unspecified atom stereocenters. The summed E-state index contributed by atoms with van der Waals surface area (Å²) in [6, 6.07) is 0.437. The van der Waals surface area contributed by atoms with Crippen molar-refractivity contribution in [2.75, 3.05) is 13.1 Å². The second-order valence-electron chi connectivity index (χ2n) is 4.43. The molecule has 0 aromatic rings. The van der Waals surface area contributed by atoms with E-state index < -0.39 is 11.6 Å². The van der Waals surface area contributed by atoms with E-state index in [2.05, 4.69) is 0 Å². The van der Waals surface area contributed by atoms with Crippen LogP contribution in [0.4, 0.5) is 4.39 Å². The summed E-state index contributed by atoms with van der Waals surface area (Å²) >= 11 is 0. The van der Waals surface area contributed by atoms with Crippen LogP contribution in [0.25, 0.3) is 0 Å². The molecule has 80 valence electrons. The molecule has 4 heteroatoms. The van der Waals surface area contributed by atoms with Gasteiger partial charge in [-0.1, -0.05) is 12.8 Å². The van der Waals surface area contributed by atoms with Crippen molar-refractivity contribution in [3.05, 3.63) is 0 Å². The first kappa shape index (κ1) is 9.90. The molecule has 1 saturated carbocycles. The van der Waals surface area contributed by atoms with Gasteiger partial charge in [-0.3, -0.25) is 4.90 Å². The minimum atomic E-state index is -1.98. The van der Waals surface area contributed by atoms with Crippen molar-refractivity contribution in [2.24, 2.45) is 0 Å². The van der Waals surface area contributed by atoms with E-state index in [0.29, 0.717) is 12.6 Å². The number of carbonyl (C=O) groups is 1. The quantitative estimate of drug-likeness (QED) is 0.734. The maximum absolute atomic E-state index is 13.7. The summed E-state index contributed by atoms with van der Waals surface area (Å²) in [4.78, 5) is 12.7. The van der Waals surface area contributed by atoms with Crippen LogP contribution in [0.3, 0.4) is 0 Å². The molecule has 1 atom stereocenters. The number of carboxylic acids is 1. The molecule has 1 heterocycles. The van der Waals surface area contributed by atoms with Gasteiger partial charge < -0.3 is 5.11 Å². The number of hydrogen-bond acceptors (Lipinski definition) is 2. The fourth-order valence-corrected chi connectivity index (χ4v) is 2.56. The van der Waals surface area contributed by atoms with Gasteiger partial charge in [0.25, 0.3) is 0 Å². The van der Waals surface area contributed by atoms with Crippen molar-refractivity contribution in [1.82, 2.24) is 4.90 Å². The summed E-state index contributed by atoms with van der Waals surface area (Å²) in [7, 11) is 0. The van der Waals surface area contributed by atoms with Gasteiger partial charge in [-0.2, -0.15) is 0 Å². The van der Waals surface area contributed by atoms with E-state index in [1.165, 1.54) is 12.8 Å². The number of hydrogen-bond donors (Lipinski definition) is 1. The van der Waals surface area contributed by atoms with Crippen LogP contribution < -0.4 is 0 Å². The third kappa shape index (κ3) is 1.63. The zero-order valence-electron chi connectivity index (χ0n) is 8.21. The van der Waals surface area contributed by atoms with E-state index >= 15 is 0 Å². The van der Waals surface area contributed by atoms with E-state index in [-0.39, 0.29) is 13.0 Å². The Hall–Kier alpha value is -0.640. The fourth-order valence-electron chi connectivity index (χ4n) is 2.56. The first-order valence-corrected chi connectivity index (χ1v) is 5.28. The van der Waals surface area contributed by atoms with Crippen LogP contribution in [0.2, 0.25) is 0 Å². The van der Waals surface area contributed by atoms with Gasteiger partial charge in [0.15, 0.2) is 0 Å². The average molecular weight is 201 g/mol. The van der Waals surface area contributed by atoms with Crippen LogP contribution in [-0.2, 0) is 4.79 Å². The Bertz CT molecular complexity index is 240. The number of likely N-dealkylation sites (tertiary alicyclic amines) is 1. The molecule has 2 rings (SSSR count). The Labute approximate surface area is 82.9 Å². The Morgan fingerprint density at radius 3 is 2.57 bits per heavy atom. The third-order valence-electron chi connectivity index (χ3n) is 3.47. The number of rotatable bonds is 2. The Kier molecular flexibility index (Phi) is 2.47. The summed E-state index contributed by atoms with van der Waals surface area (Å²) in [5, 5.41) is 8.73. The van der Waals surface area contributed by atoms with Crippen molar-refractivity contribution in [3.8, 4) is 0 Å². The summed E-state index contributed by atoms with van der Waals surface area (Å²) in [5.41, 5.74) is -1.98. The lowest BCUT2D eigenvalue weighted by atomic mass is 10.1. The lowest BCUT2D eigenvalue weighted by Crippen LogP contribution is -2.39.